The number of aromatic amines is 1. The normalized spacial score (nSPS) is 12.4. The lowest BCUT2D eigenvalue weighted by Gasteiger charge is -2.13. The fraction of sp³-hybridized carbons (Fsp3) is 0.273. The number of H-pyrrole nitrogens is 1. The Kier molecular flexibility index (Phi) is 3.05. The molecule has 0 aliphatic carbocycles. The van der Waals surface area contributed by atoms with Gasteiger partial charge in [-0.1, -0.05) is 18.2 Å². The number of nitrogens with one attached hydrogen (secondary N) is 1. The summed E-state index contributed by atoms with van der Waals surface area (Å²) in [4.78, 5) is 0. The fourth-order valence-electron chi connectivity index (χ4n) is 1.48. The maximum Gasteiger partial charge on any atom is 0.195 e. The van der Waals surface area contributed by atoms with Crippen molar-refractivity contribution in [3.63, 3.8) is 0 Å². The van der Waals surface area contributed by atoms with E-state index in [0.717, 1.165) is 11.6 Å². The second kappa shape index (κ2) is 4.49. The van der Waals surface area contributed by atoms with Gasteiger partial charge in [-0.25, -0.2) is 0 Å². The monoisotopic (exact) mass is 235 g/mol. The van der Waals surface area contributed by atoms with Gasteiger partial charge >= 0.3 is 0 Å². The Morgan fingerprint density at radius 3 is 2.62 bits per heavy atom. The molecule has 1 aromatic heterocycles. The van der Waals surface area contributed by atoms with Crippen molar-refractivity contribution in [2.24, 2.45) is 7.05 Å². The average Bonchev–Trinajstić information content (AvgIpc) is 2.61. The maximum absolute atomic E-state index is 5.74. The molecule has 0 saturated carbocycles. The van der Waals surface area contributed by atoms with Crippen molar-refractivity contribution >= 4 is 12.2 Å². The smallest absolute Gasteiger partial charge is 0.195 e. The number of para-hydroxylation sites is 1. The van der Waals surface area contributed by atoms with Crippen LogP contribution >= 0.6 is 12.2 Å². The minimum atomic E-state index is -0.139. The van der Waals surface area contributed by atoms with Crippen LogP contribution < -0.4 is 4.74 Å². The summed E-state index contributed by atoms with van der Waals surface area (Å²) in [5.74, 6) is 1.61. The molecule has 1 aromatic carbocycles. The Morgan fingerprint density at radius 1 is 1.38 bits per heavy atom. The highest BCUT2D eigenvalue weighted by atomic mass is 32.1. The van der Waals surface area contributed by atoms with Crippen molar-refractivity contribution in [2.45, 2.75) is 13.0 Å². The van der Waals surface area contributed by atoms with Crippen molar-refractivity contribution in [1.29, 1.82) is 0 Å². The molecule has 2 rings (SSSR count). The summed E-state index contributed by atoms with van der Waals surface area (Å²) in [5.41, 5.74) is 0. The molecular weight excluding hydrogens is 222 g/mol. The van der Waals surface area contributed by atoms with Crippen LogP contribution in [0.1, 0.15) is 18.9 Å². The minimum Gasteiger partial charge on any atom is -0.483 e. The number of hydrogen-bond acceptors (Lipinski definition) is 3. The van der Waals surface area contributed by atoms with Crippen molar-refractivity contribution in [3.8, 4) is 5.75 Å². The Bertz CT molecular complexity index is 518. The van der Waals surface area contributed by atoms with E-state index in [1.54, 1.807) is 0 Å². The highest BCUT2D eigenvalue weighted by Gasteiger charge is 2.13. The zero-order chi connectivity index (χ0) is 11.5. The van der Waals surface area contributed by atoms with Crippen LogP contribution in [-0.2, 0) is 7.05 Å². The molecule has 0 unspecified atom stereocenters. The number of benzene rings is 1. The molecule has 4 nitrogen and oxygen atoms in total. The van der Waals surface area contributed by atoms with E-state index in [2.05, 4.69) is 10.2 Å². The van der Waals surface area contributed by atoms with Crippen LogP contribution in [0.5, 0.6) is 5.75 Å². The van der Waals surface area contributed by atoms with Gasteiger partial charge in [0.2, 0.25) is 0 Å². The molecule has 16 heavy (non-hydrogen) atoms. The van der Waals surface area contributed by atoms with E-state index in [0.29, 0.717) is 4.77 Å². The Labute approximate surface area is 98.9 Å². The van der Waals surface area contributed by atoms with E-state index in [1.807, 2.05) is 48.9 Å². The molecule has 2 aromatic rings. The zero-order valence-electron chi connectivity index (χ0n) is 9.18. The molecule has 1 atom stereocenters. The fourth-order valence-corrected chi connectivity index (χ4v) is 1.62. The Morgan fingerprint density at radius 2 is 2.06 bits per heavy atom. The predicted octanol–water partition coefficient (Wildman–Crippen LogP) is 2.62. The second-order valence-corrected chi connectivity index (χ2v) is 3.91. The lowest BCUT2D eigenvalue weighted by Crippen LogP contribution is -2.09. The molecule has 84 valence electrons. The van der Waals surface area contributed by atoms with Gasteiger partial charge in [0.05, 0.1) is 0 Å². The summed E-state index contributed by atoms with van der Waals surface area (Å²) in [7, 11) is 1.87. The molecule has 0 saturated heterocycles. The summed E-state index contributed by atoms with van der Waals surface area (Å²) >= 11 is 5.05. The van der Waals surface area contributed by atoms with Crippen LogP contribution in [0, 0.1) is 4.77 Å². The Balaban J connectivity index is 2.18. The molecule has 0 amide bonds. The first-order chi connectivity index (χ1) is 7.68. The predicted molar refractivity (Wildman–Crippen MR) is 63.9 cm³/mol. The topological polar surface area (TPSA) is 42.8 Å². The molecule has 1 heterocycles. The van der Waals surface area contributed by atoms with Gasteiger partial charge in [-0.2, -0.15) is 5.10 Å². The van der Waals surface area contributed by atoms with E-state index < -0.39 is 0 Å². The quantitative estimate of drug-likeness (QED) is 0.832. The summed E-state index contributed by atoms with van der Waals surface area (Å²) in [6.45, 7) is 1.94. The maximum atomic E-state index is 5.74. The molecular formula is C11H13N3OS. The van der Waals surface area contributed by atoms with Gasteiger partial charge in [-0.15, -0.1) is 0 Å². The van der Waals surface area contributed by atoms with Crippen LogP contribution in [0.2, 0.25) is 0 Å². The summed E-state index contributed by atoms with van der Waals surface area (Å²) in [6.07, 6.45) is -0.139. The lowest BCUT2D eigenvalue weighted by atomic mass is 10.3. The van der Waals surface area contributed by atoms with Gasteiger partial charge in [0.1, 0.15) is 5.75 Å². The van der Waals surface area contributed by atoms with Crippen LogP contribution in [0.15, 0.2) is 30.3 Å². The van der Waals surface area contributed by atoms with Crippen molar-refractivity contribution in [3.05, 3.63) is 40.9 Å². The van der Waals surface area contributed by atoms with Gasteiger partial charge in [0.15, 0.2) is 16.7 Å². The molecule has 0 aliphatic heterocycles. The summed E-state index contributed by atoms with van der Waals surface area (Å²) < 4.78 is 8.15. The third-order valence-corrected chi connectivity index (χ3v) is 2.70. The molecule has 1 N–H and O–H groups in total. The van der Waals surface area contributed by atoms with Gasteiger partial charge in [0, 0.05) is 7.05 Å². The SMILES string of the molecule is C[C@@H](Oc1ccccc1)c1n[nH]c(=S)n1C. The van der Waals surface area contributed by atoms with E-state index in [4.69, 9.17) is 17.0 Å². The van der Waals surface area contributed by atoms with E-state index in [9.17, 15) is 0 Å². The molecule has 0 spiro atoms. The first-order valence-electron chi connectivity index (χ1n) is 5.01. The number of hydrogen-bond donors (Lipinski definition) is 1. The highest BCUT2D eigenvalue weighted by Crippen LogP contribution is 2.19. The highest BCUT2D eigenvalue weighted by molar-refractivity contribution is 7.71. The third-order valence-electron chi connectivity index (χ3n) is 2.33. The molecule has 0 aliphatic rings. The van der Waals surface area contributed by atoms with Gasteiger partial charge in [0.25, 0.3) is 0 Å². The molecule has 0 fully saturated rings. The molecule has 0 radical (unpaired) electrons. The van der Waals surface area contributed by atoms with E-state index in [-0.39, 0.29) is 6.10 Å². The molecule has 0 bridgehead atoms. The first kappa shape index (κ1) is 10.9. The van der Waals surface area contributed by atoms with Crippen molar-refractivity contribution in [2.75, 3.05) is 0 Å². The number of rotatable bonds is 3. The minimum absolute atomic E-state index is 0.139. The first-order valence-corrected chi connectivity index (χ1v) is 5.42. The van der Waals surface area contributed by atoms with E-state index in [1.165, 1.54) is 0 Å². The van der Waals surface area contributed by atoms with Gasteiger partial charge < -0.3 is 9.30 Å². The third kappa shape index (κ3) is 2.14. The summed E-state index contributed by atoms with van der Waals surface area (Å²) in [6, 6.07) is 9.65. The largest absolute Gasteiger partial charge is 0.483 e. The standard InChI is InChI=1S/C11H13N3OS/c1-8(10-12-13-11(16)14(10)2)15-9-6-4-3-5-7-9/h3-8H,1-2H3,(H,13,16)/t8-/m1/s1. The number of ether oxygens (including phenoxy) is 1. The van der Waals surface area contributed by atoms with Crippen LogP contribution in [0.3, 0.4) is 0 Å². The summed E-state index contributed by atoms with van der Waals surface area (Å²) in [5, 5.41) is 6.87. The van der Waals surface area contributed by atoms with Crippen molar-refractivity contribution < 1.29 is 4.74 Å². The number of nitrogens with zero attached hydrogens (tertiary/aromatic N) is 2. The van der Waals surface area contributed by atoms with Crippen molar-refractivity contribution in [1.82, 2.24) is 14.8 Å². The van der Waals surface area contributed by atoms with Gasteiger partial charge in [-0.3, -0.25) is 5.10 Å². The van der Waals surface area contributed by atoms with E-state index >= 15 is 0 Å². The second-order valence-electron chi connectivity index (χ2n) is 3.52. The van der Waals surface area contributed by atoms with Crippen LogP contribution in [-0.4, -0.2) is 14.8 Å². The van der Waals surface area contributed by atoms with Gasteiger partial charge in [-0.05, 0) is 31.3 Å². The van der Waals surface area contributed by atoms with Crippen LogP contribution in [0.4, 0.5) is 0 Å². The lowest BCUT2D eigenvalue weighted by molar-refractivity contribution is 0.212. The van der Waals surface area contributed by atoms with Crippen LogP contribution in [0.25, 0.3) is 0 Å². The zero-order valence-corrected chi connectivity index (χ0v) is 9.99. The Hall–Kier alpha value is -1.62. The average molecular weight is 235 g/mol. The number of aromatic nitrogens is 3. The molecule has 5 heteroatoms.